The van der Waals surface area contributed by atoms with Crippen LogP contribution in [-0.2, 0) is 12.3 Å². The highest BCUT2D eigenvalue weighted by Gasteiger charge is 2.21. The average molecular weight is 288 g/mol. The standard InChI is InChI=1S/C13H22ClN3S/c1-3-17-7-6-16(9-11(17)2)5-4-13-15-12(8-14)10-18-13/h10-11H,3-9H2,1-2H3. The van der Waals surface area contributed by atoms with Gasteiger partial charge in [-0.3, -0.25) is 4.90 Å². The molecule has 1 atom stereocenters. The van der Waals surface area contributed by atoms with Crippen molar-refractivity contribution < 1.29 is 0 Å². The van der Waals surface area contributed by atoms with Crippen molar-refractivity contribution in [3.8, 4) is 0 Å². The van der Waals surface area contributed by atoms with Crippen LogP contribution in [0.5, 0.6) is 0 Å². The molecule has 1 unspecified atom stereocenters. The Labute approximate surface area is 119 Å². The number of rotatable bonds is 5. The Morgan fingerprint density at radius 3 is 2.94 bits per heavy atom. The van der Waals surface area contributed by atoms with Gasteiger partial charge in [0.05, 0.1) is 16.6 Å². The normalized spacial score (nSPS) is 22.5. The van der Waals surface area contributed by atoms with E-state index in [1.54, 1.807) is 11.3 Å². The minimum atomic E-state index is 0.530. The van der Waals surface area contributed by atoms with Crippen LogP contribution in [0.3, 0.4) is 0 Å². The summed E-state index contributed by atoms with van der Waals surface area (Å²) in [6.45, 7) is 10.4. The van der Waals surface area contributed by atoms with Crippen LogP contribution in [0, 0.1) is 0 Å². The molecule has 0 aliphatic carbocycles. The van der Waals surface area contributed by atoms with Gasteiger partial charge in [-0.15, -0.1) is 22.9 Å². The number of aromatic nitrogens is 1. The third-order valence-electron chi connectivity index (χ3n) is 3.63. The molecule has 3 nitrogen and oxygen atoms in total. The van der Waals surface area contributed by atoms with E-state index in [4.69, 9.17) is 11.6 Å². The molecule has 0 bridgehead atoms. The number of hydrogen-bond donors (Lipinski definition) is 0. The molecule has 2 rings (SSSR count). The average Bonchev–Trinajstić information content (AvgIpc) is 2.84. The highest BCUT2D eigenvalue weighted by molar-refractivity contribution is 7.09. The van der Waals surface area contributed by atoms with Gasteiger partial charge in [0.25, 0.3) is 0 Å². The SMILES string of the molecule is CCN1CCN(CCc2nc(CCl)cs2)CC1C. The van der Waals surface area contributed by atoms with Crippen LogP contribution < -0.4 is 0 Å². The van der Waals surface area contributed by atoms with Crippen molar-refractivity contribution in [1.29, 1.82) is 0 Å². The van der Waals surface area contributed by atoms with Gasteiger partial charge in [-0.25, -0.2) is 4.98 Å². The Bertz CT molecular complexity index is 369. The van der Waals surface area contributed by atoms with Gasteiger partial charge in [-0.2, -0.15) is 0 Å². The highest BCUT2D eigenvalue weighted by Crippen LogP contribution is 2.14. The number of piperazine rings is 1. The third kappa shape index (κ3) is 3.67. The molecule has 0 amide bonds. The number of halogens is 1. The molecule has 0 N–H and O–H groups in total. The van der Waals surface area contributed by atoms with E-state index in [0.717, 1.165) is 18.7 Å². The van der Waals surface area contributed by atoms with Crippen molar-refractivity contribution in [2.75, 3.05) is 32.7 Å². The van der Waals surface area contributed by atoms with Crippen LogP contribution in [0.4, 0.5) is 0 Å². The van der Waals surface area contributed by atoms with Crippen molar-refractivity contribution in [1.82, 2.24) is 14.8 Å². The van der Waals surface area contributed by atoms with E-state index in [-0.39, 0.29) is 0 Å². The van der Waals surface area contributed by atoms with Crippen molar-refractivity contribution in [2.24, 2.45) is 0 Å². The molecule has 1 saturated heterocycles. The van der Waals surface area contributed by atoms with E-state index < -0.39 is 0 Å². The summed E-state index contributed by atoms with van der Waals surface area (Å²) in [6, 6.07) is 0.679. The van der Waals surface area contributed by atoms with Gasteiger partial charge >= 0.3 is 0 Å². The summed E-state index contributed by atoms with van der Waals surface area (Å²) in [5, 5.41) is 3.29. The summed E-state index contributed by atoms with van der Waals surface area (Å²) in [6.07, 6.45) is 1.06. The maximum absolute atomic E-state index is 5.77. The van der Waals surface area contributed by atoms with Crippen LogP contribution >= 0.6 is 22.9 Å². The van der Waals surface area contributed by atoms with Crippen LogP contribution in [0.15, 0.2) is 5.38 Å². The number of thiazole rings is 1. The first-order valence-corrected chi connectivity index (χ1v) is 8.10. The molecule has 5 heteroatoms. The van der Waals surface area contributed by atoms with Gasteiger partial charge in [-0.1, -0.05) is 6.92 Å². The van der Waals surface area contributed by atoms with Gasteiger partial charge in [0.1, 0.15) is 0 Å². The fraction of sp³-hybridized carbons (Fsp3) is 0.769. The maximum atomic E-state index is 5.77. The Kier molecular flexibility index (Phi) is 5.42. The Morgan fingerprint density at radius 2 is 2.33 bits per heavy atom. The van der Waals surface area contributed by atoms with E-state index in [1.807, 2.05) is 0 Å². The molecular formula is C13H22ClN3S. The number of alkyl halides is 1. The molecule has 1 fully saturated rings. The molecule has 1 aromatic heterocycles. The largest absolute Gasteiger partial charge is 0.300 e. The summed E-state index contributed by atoms with van der Waals surface area (Å²) < 4.78 is 0. The van der Waals surface area contributed by atoms with Gasteiger partial charge in [0.2, 0.25) is 0 Å². The summed E-state index contributed by atoms with van der Waals surface area (Å²) in [7, 11) is 0. The monoisotopic (exact) mass is 287 g/mol. The fourth-order valence-electron chi connectivity index (χ4n) is 2.52. The van der Waals surface area contributed by atoms with E-state index in [1.165, 1.54) is 31.2 Å². The fourth-order valence-corrected chi connectivity index (χ4v) is 3.54. The molecule has 2 heterocycles. The lowest BCUT2D eigenvalue weighted by molar-refractivity contribution is 0.0889. The molecule has 0 radical (unpaired) electrons. The second-order valence-corrected chi connectivity index (χ2v) is 6.10. The predicted octanol–water partition coefficient (Wildman–Crippen LogP) is 2.45. The van der Waals surface area contributed by atoms with Crippen LogP contribution in [0.25, 0.3) is 0 Å². The summed E-state index contributed by atoms with van der Waals surface area (Å²) >= 11 is 7.50. The van der Waals surface area contributed by atoms with Crippen molar-refractivity contribution in [3.05, 3.63) is 16.1 Å². The first-order valence-electron chi connectivity index (χ1n) is 6.68. The van der Waals surface area contributed by atoms with E-state index >= 15 is 0 Å². The molecule has 102 valence electrons. The van der Waals surface area contributed by atoms with Crippen molar-refractivity contribution in [2.45, 2.75) is 32.2 Å². The van der Waals surface area contributed by atoms with Gasteiger partial charge < -0.3 is 4.90 Å². The molecule has 1 aliphatic rings. The summed E-state index contributed by atoms with van der Waals surface area (Å²) in [4.78, 5) is 9.61. The second-order valence-electron chi connectivity index (χ2n) is 4.89. The first-order chi connectivity index (χ1) is 8.72. The van der Waals surface area contributed by atoms with Gasteiger partial charge in [0, 0.05) is 44.0 Å². The van der Waals surface area contributed by atoms with Crippen LogP contribution in [0.2, 0.25) is 0 Å². The zero-order chi connectivity index (χ0) is 13.0. The van der Waals surface area contributed by atoms with E-state index in [9.17, 15) is 0 Å². The molecular weight excluding hydrogens is 266 g/mol. The van der Waals surface area contributed by atoms with Crippen LogP contribution in [0.1, 0.15) is 24.5 Å². The minimum absolute atomic E-state index is 0.530. The lowest BCUT2D eigenvalue weighted by atomic mass is 10.2. The van der Waals surface area contributed by atoms with E-state index in [2.05, 4.69) is 34.0 Å². The number of nitrogens with zero attached hydrogens (tertiary/aromatic N) is 3. The Morgan fingerprint density at radius 1 is 1.50 bits per heavy atom. The molecule has 0 spiro atoms. The lowest BCUT2D eigenvalue weighted by Gasteiger charge is -2.39. The molecule has 18 heavy (non-hydrogen) atoms. The third-order valence-corrected chi connectivity index (χ3v) is 4.86. The minimum Gasteiger partial charge on any atom is -0.300 e. The zero-order valence-corrected chi connectivity index (χ0v) is 12.8. The van der Waals surface area contributed by atoms with Crippen molar-refractivity contribution in [3.63, 3.8) is 0 Å². The van der Waals surface area contributed by atoms with Crippen LogP contribution in [-0.4, -0.2) is 53.5 Å². The maximum Gasteiger partial charge on any atom is 0.0941 e. The number of hydrogen-bond acceptors (Lipinski definition) is 4. The topological polar surface area (TPSA) is 19.4 Å². The smallest absolute Gasteiger partial charge is 0.0941 e. The number of likely N-dealkylation sites (N-methyl/N-ethyl adjacent to an activating group) is 1. The lowest BCUT2D eigenvalue weighted by Crippen LogP contribution is -2.51. The Hall–Kier alpha value is -0.160. The quantitative estimate of drug-likeness (QED) is 0.776. The molecule has 0 aromatic carbocycles. The summed E-state index contributed by atoms with van der Waals surface area (Å²) in [5.41, 5.74) is 1.01. The molecule has 1 aliphatic heterocycles. The van der Waals surface area contributed by atoms with Gasteiger partial charge in [-0.05, 0) is 13.5 Å². The molecule has 0 saturated carbocycles. The van der Waals surface area contributed by atoms with Gasteiger partial charge in [0.15, 0.2) is 0 Å². The highest BCUT2D eigenvalue weighted by atomic mass is 35.5. The molecule has 1 aromatic rings. The van der Waals surface area contributed by atoms with Crippen molar-refractivity contribution >= 4 is 22.9 Å². The second kappa shape index (κ2) is 6.85. The van der Waals surface area contributed by atoms with E-state index in [0.29, 0.717) is 11.9 Å². The first kappa shape index (κ1) is 14.3. The summed E-state index contributed by atoms with van der Waals surface area (Å²) in [5.74, 6) is 0.530. The Balaban J connectivity index is 1.77. The predicted molar refractivity (Wildman–Crippen MR) is 78.5 cm³/mol. The zero-order valence-electron chi connectivity index (χ0n) is 11.2.